The van der Waals surface area contributed by atoms with E-state index in [9.17, 15) is 9.59 Å². The smallest absolute Gasteiger partial charge is 0.337 e. The molecule has 0 unspecified atom stereocenters. The van der Waals surface area contributed by atoms with Crippen LogP contribution in [0.15, 0.2) is 49.3 Å². The van der Waals surface area contributed by atoms with Crippen LogP contribution in [-0.2, 0) is 4.74 Å². The van der Waals surface area contributed by atoms with E-state index in [4.69, 9.17) is 11.6 Å². The zero-order chi connectivity index (χ0) is 17.5. The minimum Gasteiger partial charge on any atom is -0.465 e. The third-order valence-corrected chi connectivity index (χ3v) is 3.40. The molecule has 7 heteroatoms. The lowest BCUT2D eigenvalue weighted by Gasteiger charge is -2.11. The Hall–Kier alpha value is -2.86. The van der Waals surface area contributed by atoms with Gasteiger partial charge in [0.05, 0.1) is 40.8 Å². The Bertz CT molecular complexity index is 777. The molecule has 0 saturated carbocycles. The average Bonchev–Trinajstić information content (AvgIpc) is 2.61. The van der Waals surface area contributed by atoms with Crippen LogP contribution < -0.4 is 10.6 Å². The van der Waals surface area contributed by atoms with Crippen molar-refractivity contribution in [3.63, 3.8) is 0 Å². The Labute approximate surface area is 144 Å². The summed E-state index contributed by atoms with van der Waals surface area (Å²) in [5.41, 5.74) is 1.81. The maximum Gasteiger partial charge on any atom is 0.337 e. The molecule has 0 aliphatic carbocycles. The van der Waals surface area contributed by atoms with Crippen LogP contribution in [-0.4, -0.2) is 30.5 Å². The molecule has 124 valence electrons. The van der Waals surface area contributed by atoms with Gasteiger partial charge in [0.15, 0.2) is 0 Å². The van der Waals surface area contributed by atoms with E-state index in [0.717, 1.165) is 0 Å². The fraction of sp³-hybridized carbons (Fsp3) is 0.118. The van der Waals surface area contributed by atoms with Crippen LogP contribution in [0.3, 0.4) is 0 Å². The highest BCUT2D eigenvalue weighted by Gasteiger charge is 2.11. The predicted molar refractivity (Wildman–Crippen MR) is 92.8 cm³/mol. The molecule has 0 spiro atoms. The van der Waals surface area contributed by atoms with Gasteiger partial charge in [0, 0.05) is 12.7 Å². The molecule has 6 nitrogen and oxygen atoms in total. The maximum absolute atomic E-state index is 11.9. The number of halogens is 1. The van der Waals surface area contributed by atoms with Crippen molar-refractivity contribution >= 4 is 34.9 Å². The zero-order valence-electron chi connectivity index (χ0n) is 13.0. The SMILES string of the molecule is C=CCNC(=O)c1cncc(Nc2cc(C(=O)OC)ccc2Cl)c1. The topological polar surface area (TPSA) is 80.3 Å². The number of ether oxygens (including phenoxy) is 1. The summed E-state index contributed by atoms with van der Waals surface area (Å²) in [6.45, 7) is 3.91. The average molecular weight is 346 g/mol. The van der Waals surface area contributed by atoms with Crippen LogP contribution in [0.1, 0.15) is 20.7 Å². The van der Waals surface area contributed by atoms with E-state index in [2.05, 4.69) is 26.9 Å². The number of esters is 1. The van der Waals surface area contributed by atoms with Gasteiger partial charge in [-0.1, -0.05) is 17.7 Å². The number of nitrogens with one attached hydrogen (secondary N) is 2. The van der Waals surface area contributed by atoms with Gasteiger partial charge < -0.3 is 15.4 Å². The second-order valence-corrected chi connectivity index (χ2v) is 5.18. The standard InChI is InChI=1S/C17H16ClN3O3/c1-3-6-20-16(22)12-7-13(10-19-9-12)21-15-8-11(17(23)24-2)4-5-14(15)18/h3-5,7-10,21H,1,6H2,2H3,(H,20,22). The molecule has 0 atom stereocenters. The van der Waals surface area contributed by atoms with Crippen molar-refractivity contribution in [2.75, 3.05) is 19.0 Å². The van der Waals surface area contributed by atoms with Crippen molar-refractivity contribution in [1.29, 1.82) is 0 Å². The molecule has 0 aliphatic rings. The lowest BCUT2D eigenvalue weighted by Crippen LogP contribution is -2.23. The van der Waals surface area contributed by atoms with Crippen molar-refractivity contribution < 1.29 is 14.3 Å². The lowest BCUT2D eigenvalue weighted by molar-refractivity contribution is 0.0600. The summed E-state index contributed by atoms with van der Waals surface area (Å²) in [7, 11) is 1.30. The molecule has 2 rings (SSSR count). The lowest BCUT2D eigenvalue weighted by atomic mass is 10.2. The van der Waals surface area contributed by atoms with Gasteiger partial charge in [-0.05, 0) is 24.3 Å². The zero-order valence-corrected chi connectivity index (χ0v) is 13.8. The van der Waals surface area contributed by atoms with Crippen LogP contribution in [0.5, 0.6) is 0 Å². The quantitative estimate of drug-likeness (QED) is 0.621. The first-order valence-corrected chi connectivity index (χ1v) is 7.42. The number of methoxy groups -OCH3 is 1. The van der Waals surface area contributed by atoms with E-state index in [0.29, 0.717) is 34.1 Å². The van der Waals surface area contributed by atoms with E-state index < -0.39 is 5.97 Å². The predicted octanol–water partition coefficient (Wildman–Crippen LogP) is 3.18. The molecule has 0 fully saturated rings. The van der Waals surface area contributed by atoms with Gasteiger partial charge >= 0.3 is 5.97 Å². The van der Waals surface area contributed by atoms with Gasteiger partial charge in [0.25, 0.3) is 5.91 Å². The fourth-order valence-corrected chi connectivity index (χ4v) is 2.09. The van der Waals surface area contributed by atoms with Crippen LogP contribution in [0.25, 0.3) is 0 Å². The first-order chi connectivity index (χ1) is 11.5. The molecule has 1 amide bonds. The van der Waals surface area contributed by atoms with E-state index in [1.165, 1.54) is 13.3 Å². The van der Waals surface area contributed by atoms with E-state index in [1.54, 1.807) is 36.5 Å². The van der Waals surface area contributed by atoms with Gasteiger partial charge in [-0.15, -0.1) is 6.58 Å². The van der Waals surface area contributed by atoms with Crippen LogP contribution in [0.4, 0.5) is 11.4 Å². The van der Waals surface area contributed by atoms with Crippen molar-refractivity contribution in [3.05, 3.63) is 65.5 Å². The molecule has 1 aromatic carbocycles. The number of hydrogen-bond donors (Lipinski definition) is 2. The van der Waals surface area contributed by atoms with Gasteiger partial charge in [0.2, 0.25) is 0 Å². The minimum atomic E-state index is -0.467. The fourth-order valence-electron chi connectivity index (χ4n) is 1.92. The molecule has 0 bridgehead atoms. The number of carbonyl (C=O) groups excluding carboxylic acids is 2. The summed E-state index contributed by atoms with van der Waals surface area (Å²) < 4.78 is 4.69. The molecule has 1 aromatic heterocycles. The molecule has 0 aliphatic heterocycles. The number of nitrogens with zero attached hydrogens (tertiary/aromatic N) is 1. The molecular weight excluding hydrogens is 330 g/mol. The second-order valence-electron chi connectivity index (χ2n) is 4.77. The third-order valence-electron chi connectivity index (χ3n) is 3.07. The maximum atomic E-state index is 11.9. The molecule has 1 heterocycles. The van der Waals surface area contributed by atoms with E-state index in [1.807, 2.05) is 0 Å². The van der Waals surface area contributed by atoms with Crippen molar-refractivity contribution in [1.82, 2.24) is 10.3 Å². The summed E-state index contributed by atoms with van der Waals surface area (Å²) in [6.07, 6.45) is 4.59. The largest absolute Gasteiger partial charge is 0.465 e. The summed E-state index contributed by atoms with van der Waals surface area (Å²) in [6, 6.07) is 6.35. The number of amides is 1. The first kappa shape index (κ1) is 17.5. The second kappa shape index (κ2) is 8.12. The Morgan fingerprint density at radius 2 is 2.08 bits per heavy atom. The van der Waals surface area contributed by atoms with Crippen molar-refractivity contribution in [2.45, 2.75) is 0 Å². The molecule has 2 aromatic rings. The Balaban J connectivity index is 2.23. The highest BCUT2D eigenvalue weighted by atomic mass is 35.5. The van der Waals surface area contributed by atoms with Crippen molar-refractivity contribution in [3.8, 4) is 0 Å². The molecular formula is C17H16ClN3O3. The Kier molecular flexibility index (Phi) is 5.92. The number of anilines is 2. The molecule has 0 saturated heterocycles. The monoisotopic (exact) mass is 345 g/mol. The number of hydrogen-bond acceptors (Lipinski definition) is 5. The first-order valence-electron chi connectivity index (χ1n) is 7.04. The highest BCUT2D eigenvalue weighted by molar-refractivity contribution is 6.33. The third kappa shape index (κ3) is 4.33. The Morgan fingerprint density at radius 3 is 2.79 bits per heavy atom. The normalized spacial score (nSPS) is 9.92. The summed E-state index contributed by atoms with van der Waals surface area (Å²) >= 11 is 6.14. The van der Waals surface area contributed by atoms with Gasteiger partial charge in [-0.3, -0.25) is 9.78 Å². The van der Waals surface area contributed by atoms with E-state index in [-0.39, 0.29) is 5.91 Å². The molecule has 24 heavy (non-hydrogen) atoms. The van der Waals surface area contributed by atoms with Crippen molar-refractivity contribution in [2.24, 2.45) is 0 Å². The van der Waals surface area contributed by atoms with Gasteiger partial charge in [-0.25, -0.2) is 4.79 Å². The number of carbonyl (C=O) groups is 2. The van der Waals surface area contributed by atoms with Gasteiger partial charge in [0.1, 0.15) is 0 Å². The number of benzene rings is 1. The highest BCUT2D eigenvalue weighted by Crippen LogP contribution is 2.27. The number of pyridine rings is 1. The summed E-state index contributed by atoms with van der Waals surface area (Å²) in [4.78, 5) is 27.6. The Morgan fingerprint density at radius 1 is 1.29 bits per heavy atom. The van der Waals surface area contributed by atoms with Crippen LogP contribution in [0, 0.1) is 0 Å². The van der Waals surface area contributed by atoms with Gasteiger partial charge in [-0.2, -0.15) is 0 Å². The number of rotatable bonds is 6. The molecule has 0 radical (unpaired) electrons. The minimum absolute atomic E-state index is 0.263. The summed E-state index contributed by atoms with van der Waals surface area (Å²) in [5, 5.41) is 6.13. The molecule has 2 N–H and O–H groups in total. The van der Waals surface area contributed by atoms with E-state index >= 15 is 0 Å². The summed E-state index contributed by atoms with van der Waals surface area (Å²) in [5.74, 6) is -0.731. The van der Waals surface area contributed by atoms with Crippen LogP contribution >= 0.6 is 11.6 Å². The number of aromatic nitrogens is 1. The van der Waals surface area contributed by atoms with Crippen LogP contribution in [0.2, 0.25) is 5.02 Å².